The Kier molecular flexibility index (Phi) is 6.44. The van der Waals surface area contributed by atoms with Gasteiger partial charge in [-0.2, -0.15) is 0 Å². The average Bonchev–Trinajstić information content (AvgIpc) is 2.69. The van der Waals surface area contributed by atoms with Gasteiger partial charge in [-0.1, -0.05) is 13.8 Å². The van der Waals surface area contributed by atoms with Gasteiger partial charge in [0.15, 0.2) is 0 Å². The molecule has 0 amide bonds. The lowest BCUT2D eigenvalue weighted by Crippen LogP contribution is -2.30. The van der Waals surface area contributed by atoms with Gasteiger partial charge in [-0.25, -0.2) is 0 Å². The van der Waals surface area contributed by atoms with Crippen LogP contribution in [-0.2, 0) is 6.54 Å². The first kappa shape index (κ1) is 15.3. The van der Waals surface area contributed by atoms with E-state index in [1.807, 2.05) is 13.0 Å². The van der Waals surface area contributed by atoms with Crippen LogP contribution in [0, 0.1) is 6.92 Å². The van der Waals surface area contributed by atoms with Crippen LogP contribution >= 0.6 is 0 Å². The first-order chi connectivity index (χ1) is 8.49. The third-order valence-electron chi connectivity index (χ3n) is 3.30. The summed E-state index contributed by atoms with van der Waals surface area (Å²) in [6.07, 6.45) is 2.44. The average molecular weight is 252 g/mol. The molecule has 0 spiro atoms. The van der Waals surface area contributed by atoms with Crippen molar-refractivity contribution >= 4 is 0 Å². The number of hydrogen-bond acceptors (Lipinski definition) is 3. The Labute approximate surface area is 112 Å². The van der Waals surface area contributed by atoms with E-state index >= 15 is 0 Å². The molecule has 0 aliphatic heterocycles. The summed E-state index contributed by atoms with van der Waals surface area (Å²) in [6.45, 7) is 10.7. The van der Waals surface area contributed by atoms with Crippen molar-refractivity contribution in [2.24, 2.45) is 0 Å². The minimum Gasteiger partial charge on any atom is -0.465 e. The van der Waals surface area contributed by atoms with Crippen molar-refractivity contribution in [2.75, 3.05) is 13.6 Å². The highest BCUT2D eigenvalue weighted by molar-refractivity contribution is 5.05. The van der Waals surface area contributed by atoms with E-state index in [9.17, 15) is 0 Å². The summed E-state index contributed by atoms with van der Waals surface area (Å²) in [4.78, 5) is 2.35. The van der Waals surface area contributed by atoms with Gasteiger partial charge < -0.3 is 9.73 Å². The first-order valence-electron chi connectivity index (χ1n) is 6.98. The van der Waals surface area contributed by atoms with Crippen molar-refractivity contribution < 1.29 is 4.42 Å². The van der Waals surface area contributed by atoms with E-state index in [0.717, 1.165) is 24.6 Å². The maximum absolute atomic E-state index is 5.61. The Morgan fingerprint density at radius 3 is 2.56 bits per heavy atom. The van der Waals surface area contributed by atoms with Gasteiger partial charge in [0.2, 0.25) is 0 Å². The van der Waals surface area contributed by atoms with Crippen LogP contribution in [0.4, 0.5) is 0 Å². The van der Waals surface area contributed by atoms with Crippen LogP contribution in [0.25, 0.3) is 0 Å². The topological polar surface area (TPSA) is 28.4 Å². The lowest BCUT2D eigenvalue weighted by atomic mass is 10.1. The van der Waals surface area contributed by atoms with E-state index in [1.165, 1.54) is 12.8 Å². The van der Waals surface area contributed by atoms with E-state index in [1.54, 1.807) is 0 Å². The van der Waals surface area contributed by atoms with Gasteiger partial charge in [-0.15, -0.1) is 0 Å². The van der Waals surface area contributed by atoms with Gasteiger partial charge in [0, 0.05) is 12.1 Å². The number of rotatable bonds is 8. The standard InChI is InChI=1S/C15H28N2O/c1-12(2)16-10-6-7-13(3)17(5)11-15-9-8-14(4)18-15/h8-9,12-13,16H,6-7,10-11H2,1-5H3. The van der Waals surface area contributed by atoms with Crippen molar-refractivity contribution in [1.82, 2.24) is 10.2 Å². The smallest absolute Gasteiger partial charge is 0.118 e. The third kappa shape index (κ3) is 5.69. The number of hydrogen-bond donors (Lipinski definition) is 1. The molecule has 1 aromatic heterocycles. The third-order valence-corrected chi connectivity index (χ3v) is 3.30. The molecule has 3 heteroatoms. The summed E-state index contributed by atoms with van der Waals surface area (Å²) in [5.41, 5.74) is 0. The van der Waals surface area contributed by atoms with Crippen molar-refractivity contribution in [1.29, 1.82) is 0 Å². The number of nitrogens with one attached hydrogen (secondary N) is 1. The molecule has 1 atom stereocenters. The van der Waals surface area contributed by atoms with E-state index in [-0.39, 0.29) is 0 Å². The molecule has 1 N–H and O–H groups in total. The lowest BCUT2D eigenvalue weighted by Gasteiger charge is -2.23. The second kappa shape index (κ2) is 7.59. The van der Waals surface area contributed by atoms with Gasteiger partial charge in [0.1, 0.15) is 11.5 Å². The van der Waals surface area contributed by atoms with Gasteiger partial charge >= 0.3 is 0 Å². The molecule has 0 radical (unpaired) electrons. The second-order valence-electron chi connectivity index (χ2n) is 5.53. The molecule has 0 aliphatic rings. The van der Waals surface area contributed by atoms with Crippen molar-refractivity contribution in [3.05, 3.63) is 23.7 Å². The van der Waals surface area contributed by atoms with Crippen LogP contribution in [0.15, 0.2) is 16.5 Å². The summed E-state index contributed by atoms with van der Waals surface area (Å²) >= 11 is 0. The summed E-state index contributed by atoms with van der Waals surface area (Å²) in [6, 6.07) is 5.27. The Hall–Kier alpha value is -0.800. The maximum atomic E-state index is 5.61. The highest BCUT2D eigenvalue weighted by Gasteiger charge is 2.11. The van der Waals surface area contributed by atoms with Crippen molar-refractivity contribution in [3.63, 3.8) is 0 Å². The Morgan fingerprint density at radius 2 is 2.00 bits per heavy atom. The number of aryl methyl sites for hydroxylation is 1. The molecule has 0 bridgehead atoms. The minimum atomic E-state index is 0.587. The van der Waals surface area contributed by atoms with E-state index in [4.69, 9.17) is 4.42 Å². The highest BCUT2D eigenvalue weighted by atomic mass is 16.3. The van der Waals surface area contributed by atoms with Crippen molar-refractivity contribution in [2.45, 2.75) is 59.2 Å². The van der Waals surface area contributed by atoms with Crippen LogP contribution in [-0.4, -0.2) is 30.6 Å². The fourth-order valence-electron chi connectivity index (χ4n) is 1.98. The predicted molar refractivity (Wildman–Crippen MR) is 76.7 cm³/mol. The summed E-state index contributed by atoms with van der Waals surface area (Å²) in [5.74, 6) is 2.05. The van der Waals surface area contributed by atoms with Gasteiger partial charge in [0.05, 0.1) is 6.54 Å². The van der Waals surface area contributed by atoms with E-state index in [0.29, 0.717) is 12.1 Å². The SMILES string of the molecule is Cc1ccc(CN(C)C(C)CCCNC(C)C)o1. The molecular weight excluding hydrogens is 224 g/mol. The Bertz CT molecular complexity index is 333. The normalized spacial score (nSPS) is 13.5. The van der Waals surface area contributed by atoms with Crippen LogP contribution in [0.3, 0.4) is 0 Å². The molecule has 0 fully saturated rings. The molecule has 1 aromatic rings. The van der Waals surface area contributed by atoms with Crippen LogP contribution in [0.1, 0.15) is 45.1 Å². The first-order valence-corrected chi connectivity index (χ1v) is 6.98. The molecule has 104 valence electrons. The molecule has 0 saturated carbocycles. The maximum Gasteiger partial charge on any atom is 0.118 e. The quantitative estimate of drug-likeness (QED) is 0.720. The van der Waals surface area contributed by atoms with E-state index in [2.05, 4.69) is 44.1 Å². The Balaban J connectivity index is 2.22. The van der Waals surface area contributed by atoms with Crippen LogP contribution in [0.2, 0.25) is 0 Å². The molecule has 18 heavy (non-hydrogen) atoms. The molecule has 3 nitrogen and oxygen atoms in total. The molecule has 0 saturated heterocycles. The Morgan fingerprint density at radius 1 is 1.28 bits per heavy atom. The lowest BCUT2D eigenvalue weighted by molar-refractivity contribution is 0.215. The fraction of sp³-hybridized carbons (Fsp3) is 0.733. The van der Waals surface area contributed by atoms with Gasteiger partial charge in [-0.3, -0.25) is 4.90 Å². The van der Waals surface area contributed by atoms with E-state index < -0.39 is 0 Å². The molecular formula is C15H28N2O. The van der Waals surface area contributed by atoms with Gasteiger partial charge in [-0.05, 0) is 52.4 Å². The highest BCUT2D eigenvalue weighted by Crippen LogP contribution is 2.12. The zero-order valence-electron chi connectivity index (χ0n) is 12.5. The molecule has 1 unspecified atom stereocenters. The molecule has 1 rings (SSSR count). The summed E-state index contributed by atoms with van der Waals surface area (Å²) < 4.78 is 5.61. The predicted octanol–water partition coefficient (Wildman–Crippen LogP) is 3.19. The second-order valence-corrected chi connectivity index (χ2v) is 5.53. The minimum absolute atomic E-state index is 0.587. The van der Waals surface area contributed by atoms with Crippen LogP contribution < -0.4 is 5.32 Å². The van der Waals surface area contributed by atoms with Crippen molar-refractivity contribution in [3.8, 4) is 0 Å². The largest absolute Gasteiger partial charge is 0.465 e. The zero-order chi connectivity index (χ0) is 13.5. The summed E-state index contributed by atoms with van der Waals surface area (Å²) in [5, 5.41) is 3.46. The summed E-state index contributed by atoms with van der Waals surface area (Å²) in [7, 11) is 2.17. The number of nitrogens with zero attached hydrogens (tertiary/aromatic N) is 1. The molecule has 0 aromatic carbocycles. The van der Waals surface area contributed by atoms with Gasteiger partial charge in [0.25, 0.3) is 0 Å². The number of furan rings is 1. The molecule has 1 heterocycles. The zero-order valence-corrected chi connectivity index (χ0v) is 12.5. The monoisotopic (exact) mass is 252 g/mol. The fourth-order valence-corrected chi connectivity index (χ4v) is 1.98. The molecule has 0 aliphatic carbocycles. The van der Waals surface area contributed by atoms with Crippen LogP contribution in [0.5, 0.6) is 0 Å².